The zero-order valence-corrected chi connectivity index (χ0v) is 16.6. The fourth-order valence-corrected chi connectivity index (χ4v) is 4.49. The van der Waals surface area contributed by atoms with E-state index < -0.39 is 5.41 Å². The molecule has 4 aromatic rings. The smallest absolute Gasteiger partial charge is 0.297 e. The van der Waals surface area contributed by atoms with Crippen LogP contribution in [0.25, 0.3) is 15.9 Å². The first kappa shape index (κ1) is 17.9. The van der Waals surface area contributed by atoms with Gasteiger partial charge in [-0.3, -0.25) is 9.59 Å². The van der Waals surface area contributed by atoms with Gasteiger partial charge in [0.1, 0.15) is 5.69 Å². The van der Waals surface area contributed by atoms with Crippen molar-refractivity contribution in [2.75, 3.05) is 5.75 Å². The van der Waals surface area contributed by atoms with Crippen molar-refractivity contribution in [1.29, 1.82) is 0 Å². The summed E-state index contributed by atoms with van der Waals surface area (Å²) in [6, 6.07) is 7.69. The maximum absolute atomic E-state index is 12.6. The molecule has 3 aromatic heterocycles. The lowest BCUT2D eigenvalue weighted by Crippen LogP contribution is -2.30. The van der Waals surface area contributed by atoms with E-state index in [1.54, 1.807) is 6.20 Å². The highest BCUT2D eigenvalue weighted by Gasteiger charge is 2.23. The van der Waals surface area contributed by atoms with Gasteiger partial charge in [0, 0.05) is 28.1 Å². The third-order valence-electron chi connectivity index (χ3n) is 4.10. The molecule has 27 heavy (non-hydrogen) atoms. The summed E-state index contributed by atoms with van der Waals surface area (Å²) in [5.74, 6) is 0.237. The molecule has 3 heterocycles. The second kappa shape index (κ2) is 6.58. The Morgan fingerprint density at radius 1 is 1.26 bits per heavy atom. The Kier molecular flexibility index (Phi) is 4.35. The molecule has 0 saturated heterocycles. The molecule has 0 amide bonds. The minimum absolute atomic E-state index is 0.00511. The fourth-order valence-electron chi connectivity index (χ4n) is 2.73. The maximum atomic E-state index is 12.6. The average molecular weight is 400 g/mol. The Balaban J connectivity index is 1.58. The molecule has 1 aromatic carbocycles. The molecule has 0 radical (unpaired) electrons. The molecule has 0 aliphatic carbocycles. The average Bonchev–Trinajstić information content (AvgIpc) is 3.23. The molecule has 0 aliphatic heterocycles. The van der Waals surface area contributed by atoms with E-state index >= 15 is 0 Å². The van der Waals surface area contributed by atoms with Gasteiger partial charge in [0.25, 0.3) is 5.56 Å². The van der Waals surface area contributed by atoms with Crippen LogP contribution in [0, 0.1) is 0 Å². The lowest BCUT2D eigenvalue weighted by Gasteiger charge is -2.14. The molecular weight excluding hydrogens is 382 g/mol. The summed E-state index contributed by atoms with van der Waals surface area (Å²) >= 11 is 2.55. The van der Waals surface area contributed by atoms with E-state index in [0.29, 0.717) is 20.6 Å². The van der Waals surface area contributed by atoms with Crippen LogP contribution in [-0.2, 0) is 5.41 Å². The largest absolute Gasteiger partial charge is 0.360 e. The van der Waals surface area contributed by atoms with Gasteiger partial charge < -0.3 is 4.98 Å². The first-order valence-corrected chi connectivity index (χ1v) is 10.1. The monoisotopic (exact) mass is 399 g/mol. The van der Waals surface area contributed by atoms with Crippen molar-refractivity contribution in [1.82, 2.24) is 24.8 Å². The van der Waals surface area contributed by atoms with Crippen LogP contribution >= 0.6 is 23.1 Å². The number of Topliss-reactive ketones (excluding diaryl/α,β-unsaturated/α-hetero) is 1. The van der Waals surface area contributed by atoms with Gasteiger partial charge in [-0.15, -0.1) is 15.3 Å². The lowest BCUT2D eigenvalue weighted by molar-refractivity contribution is 0.102. The maximum Gasteiger partial charge on any atom is 0.297 e. The van der Waals surface area contributed by atoms with Crippen LogP contribution in [0.5, 0.6) is 0 Å². The molecule has 0 bridgehead atoms. The van der Waals surface area contributed by atoms with Crippen molar-refractivity contribution in [2.45, 2.75) is 30.5 Å². The standard InChI is InChI=1S/C18H17N5O2S2/c1-18(2,3)14-15(25)23-16(21-20-14)27-17(22-23)26-9-13(24)11-8-19-12-7-5-4-6-10(11)12/h4-8,19H,9H2,1-3H3. The predicted octanol–water partition coefficient (Wildman–Crippen LogP) is 3.30. The highest BCUT2D eigenvalue weighted by molar-refractivity contribution is 8.01. The van der Waals surface area contributed by atoms with Gasteiger partial charge in [-0.1, -0.05) is 62.1 Å². The number of hydrogen-bond donors (Lipinski definition) is 1. The van der Waals surface area contributed by atoms with E-state index in [2.05, 4.69) is 20.3 Å². The number of aromatic amines is 1. The molecule has 0 aliphatic rings. The molecule has 0 fully saturated rings. The van der Waals surface area contributed by atoms with Gasteiger partial charge in [-0.25, -0.2) is 0 Å². The van der Waals surface area contributed by atoms with E-state index in [1.165, 1.54) is 27.6 Å². The SMILES string of the molecule is CC(C)(C)c1nnc2sc(SCC(=O)c3c[nH]c4ccccc34)nn2c1=O. The summed E-state index contributed by atoms with van der Waals surface area (Å²) in [6.45, 7) is 5.73. The molecular formula is C18H17N5O2S2. The third kappa shape index (κ3) is 3.28. The number of thioether (sulfide) groups is 1. The van der Waals surface area contributed by atoms with E-state index in [4.69, 9.17) is 0 Å². The number of nitrogens with one attached hydrogen (secondary N) is 1. The molecule has 7 nitrogen and oxygen atoms in total. The Hall–Kier alpha value is -2.52. The zero-order valence-electron chi connectivity index (χ0n) is 15.0. The van der Waals surface area contributed by atoms with Gasteiger partial charge in [-0.2, -0.15) is 4.52 Å². The highest BCUT2D eigenvalue weighted by Crippen LogP contribution is 2.26. The van der Waals surface area contributed by atoms with Crippen molar-refractivity contribution in [3.05, 3.63) is 52.1 Å². The quantitative estimate of drug-likeness (QED) is 0.418. The summed E-state index contributed by atoms with van der Waals surface area (Å²) in [6.07, 6.45) is 1.73. The van der Waals surface area contributed by atoms with Crippen LogP contribution in [-0.4, -0.2) is 36.3 Å². The van der Waals surface area contributed by atoms with Crippen molar-refractivity contribution >= 4 is 44.7 Å². The number of rotatable bonds is 4. The molecule has 9 heteroatoms. The number of aromatic nitrogens is 5. The van der Waals surface area contributed by atoms with Gasteiger partial charge in [0.2, 0.25) is 4.96 Å². The zero-order chi connectivity index (χ0) is 19.2. The molecule has 0 saturated carbocycles. The van der Waals surface area contributed by atoms with E-state index in [-0.39, 0.29) is 17.1 Å². The molecule has 1 N–H and O–H groups in total. The van der Waals surface area contributed by atoms with Crippen LogP contribution in [0.2, 0.25) is 0 Å². The minimum Gasteiger partial charge on any atom is -0.360 e. The predicted molar refractivity (Wildman–Crippen MR) is 107 cm³/mol. The van der Waals surface area contributed by atoms with E-state index in [9.17, 15) is 9.59 Å². The van der Waals surface area contributed by atoms with Crippen LogP contribution in [0.15, 0.2) is 39.6 Å². The number of hydrogen-bond acceptors (Lipinski definition) is 7. The first-order valence-electron chi connectivity index (χ1n) is 8.34. The second-order valence-corrected chi connectivity index (χ2v) is 9.30. The van der Waals surface area contributed by atoms with Crippen molar-refractivity contribution in [2.24, 2.45) is 0 Å². The van der Waals surface area contributed by atoms with Crippen LogP contribution < -0.4 is 5.56 Å². The number of para-hydroxylation sites is 1. The second-order valence-electron chi connectivity index (χ2n) is 7.13. The summed E-state index contributed by atoms with van der Waals surface area (Å²) in [5, 5.41) is 13.4. The fraction of sp³-hybridized carbons (Fsp3) is 0.278. The summed E-state index contributed by atoms with van der Waals surface area (Å²) < 4.78 is 1.89. The molecule has 0 unspecified atom stereocenters. The normalized spacial score (nSPS) is 12.1. The molecule has 0 spiro atoms. The van der Waals surface area contributed by atoms with Crippen molar-refractivity contribution < 1.29 is 4.79 Å². The Morgan fingerprint density at radius 3 is 2.81 bits per heavy atom. The van der Waals surface area contributed by atoms with Crippen LogP contribution in [0.4, 0.5) is 0 Å². The van der Waals surface area contributed by atoms with Gasteiger partial charge in [0.05, 0.1) is 5.75 Å². The Labute approximate surface area is 162 Å². The number of H-pyrrole nitrogens is 1. The number of benzene rings is 1. The topological polar surface area (TPSA) is 93.0 Å². The van der Waals surface area contributed by atoms with Gasteiger partial charge >= 0.3 is 0 Å². The number of ketones is 1. The number of nitrogens with zero attached hydrogens (tertiary/aromatic N) is 4. The van der Waals surface area contributed by atoms with E-state index in [0.717, 1.165) is 10.9 Å². The van der Waals surface area contributed by atoms with Crippen LogP contribution in [0.3, 0.4) is 0 Å². The number of carbonyl (C=O) groups is 1. The Bertz CT molecular complexity index is 1220. The molecule has 138 valence electrons. The molecule has 4 rings (SSSR count). The highest BCUT2D eigenvalue weighted by atomic mass is 32.2. The lowest BCUT2D eigenvalue weighted by atomic mass is 9.93. The van der Waals surface area contributed by atoms with E-state index in [1.807, 2.05) is 45.0 Å². The third-order valence-corrected chi connectivity index (χ3v) is 6.13. The summed E-state index contributed by atoms with van der Waals surface area (Å²) in [5.41, 5.74) is 1.29. The number of carbonyl (C=O) groups excluding carboxylic acids is 1. The molecule has 0 atom stereocenters. The van der Waals surface area contributed by atoms with Crippen LogP contribution in [0.1, 0.15) is 36.8 Å². The van der Waals surface area contributed by atoms with Crippen molar-refractivity contribution in [3.63, 3.8) is 0 Å². The summed E-state index contributed by atoms with van der Waals surface area (Å²) in [7, 11) is 0. The Morgan fingerprint density at radius 2 is 2.04 bits per heavy atom. The first-order chi connectivity index (χ1) is 12.8. The summed E-state index contributed by atoms with van der Waals surface area (Å²) in [4.78, 5) is 28.7. The van der Waals surface area contributed by atoms with Crippen molar-refractivity contribution in [3.8, 4) is 0 Å². The van der Waals surface area contributed by atoms with Gasteiger partial charge in [0.15, 0.2) is 10.1 Å². The number of fused-ring (bicyclic) bond motifs is 2. The minimum atomic E-state index is -0.409. The van der Waals surface area contributed by atoms with Gasteiger partial charge in [-0.05, 0) is 6.07 Å².